The van der Waals surface area contributed by atoms with E-state index in [9.17, 15) is 0 Å². The fourth-order valence-electron chi connectivity index (χ4n) is 1.90. The van der Waals surface area contributed by atoms with Gasteiger partial charge in [0, 0.05) is 43.2 Å². The molecule has 2 heterocycles. The smallest absolute Gasteiger partial charge is 0.110 e. The van der Waals surface area contributed by atoms with E-state index in [1.165, 1.54) is 0 Å². The van der Waals surface area contributed by atoms with Gasteiger partial charge in [-0.2, -0.15) is 0 Å². The lowest BCUT2D eigenvalue weighted by Gasteiger charge is -2.10. The van der Waals surface area contributed by atoms with Gasteiger partial charge in [-0.05, 0) is 13.8 Å². The Morgan fingerprint density at radius 2 is 2.29 bits per heavy atom. The maximum absolute atomic E-state index is 6.14. The Kier molecular flexibility index (Phi) is 3.91. The van der Waals surface area contributed by atoms with Crippen molar-refractivity contribution < 1.29 is 0 Å². The molecular weight excluding hydrogens is 232 g/mol. The number of thiazole rings is 1. The Hall–Kier alpha value is -1.20. The number of aryl methyl sites for hydroxylation is 2. The standard InChI is InChI=1S/C12H18N4S/c1-3-16-5-4-14-12(16)7-10(13)6-11-8-17-9(2)15-11/h4-5,8,10H,3,6-7,13H2,1-2H3. The molecule has 17 heavy (non-hydrogen) atoms. The van der Waals surface area contributed by atoms with Gasteiger partial charge in [0.05, 0.1) is 10.7 Å². The van der Waals surface area contributed by atoms with Crippen molar-refractivity contribution in [2.45, 2.75) is 39.3 Å². The highest BCUT2D eigenvalue weighted by atomic mass is 32.1. The molecule has 0 fully saturated rings. The molecule has 92 valence electrons. The van der Waals surface area contributed by atoms with Crippen LogP contribution in [0.5, 0.6) is 0 Å². The first kappa shape index (κ1) is 12.3. The van der Waals surface area contributed by atoms with E-state index >= 15 is 0 Å². The van der Waals surface area contributed by atoms with E-state index in [-0.39, 0.29) is 6.04 Å². The predicted octanol–water partition coefficient (Wildman–Crippen LogP) is 1.78. The second-order valence-electron chi connectivity index (χ2n) is 4.16. The second kappa shape index (κ2) is 5.42. The third kappa shape index (κ3) is 3.14. The summed E-state index contributed by atoms with van der Waals surface area (Å²) in [5.41, 5.74) is 7.23. The van der Waals surface area contributed by atoms with Gasteiger partial charge in [-0.25, -0.2) is 9.97 Å². The Morgan fingerprint density at radius 1 is 1.47 bits per heavy atom. The SMILES string of the molecule is CCn1ccnc1CC(N)Cc1csc(C)n1. The van der Waals surface area contributed by atoms with Crippen molar-refractivity contribution in [3.63, 3.8) is 0 Å². The molecule has 0 aliphatic heterocycles. The van der Waals surface area contributed by atoms with Gasteiger partial charge in [-0.15, -0.1) is 11.3 Å². The van der Waals surface area contributed by atoms with Crippen LogP contribution >= 0.6 is 11.3 Å². The molecule has 0 amide bonds. The van der Waals surface area contributed by atoms with E-state index in [2.05, 4.69) is 26.8 Å². The van der Waals surface area contributed by atoms with Crippen molar-refractivity contribution in [3.8, 4) is 0 Å². The first-order chi connectivity index (χ1) is 8.19. The van der Waals surface area contributed by atoms with Crippen molar-refractivity contribution in [3.05, 3.63) is 34.3 Å². The minimum Gasteiger partial charge on any atom is -0.335 e. The summed E-state index contributed by atoms with van der Waals surface area (Å²) in [5, 5.41) is 3.18. The Labute approximate surface area is 106 Å². The summed E-state index contributed by atoms with van der Waals surface area (Å²) in [7, 11) is 0. The first-order valence-corrected chi connectivity index (χ1v) is 6.73. The molecule has 0 saturated carbocycles. The number of hydrogen-bond acceptors (Lipinski definition) is 4. The minimum atomic E-state index is 0.0872. The van der Waals surface area contributed by atoms with Crippen LogP contribution < -0.4 is 5.73 Å². The lowest BCUT2D eigenvalue weighted by molar-refractivity contribution is 0.597. The zero-order valence-corrected chi connectivity index (χ0v) is 11.1. The van der Waals surface area contributed by atoms with Crippen LogP contribution in [-0.4, -0.2) is 20.6 Å². The van der Waals surface area contributed by atoms with Crippen molar-refractivity contribution in [1.29, 1.82) is 0 Å². The fourth-order valence-corrected chi connectivity index (χ4v) is 2.52. The van der Waals surface area contributed by atoms with Crippen molar-refractivity contribution in [1.82, 2.24) is 14.5 Å². The molecule has 2 N–H and O–H groups in total. The Balaban J connectivity index is 1.95. The summed E-state index contributed by atoms with van der Waals surface area (Å²) in [6.07, 6.45) is 5.45. The van der Waals surface area contributed by atoms with Crippen molar-refractivity contribution >= 4 is 11.3 Å². The Bertz CT molecular complexity index is 474. The molecule has 0 spiro atoms. The Morgan fingerprint density at radius 3 is 2.94 bits per heavy atom. The van der Waals surface area contributed by atoms with Gasteiger partial charge in [0.15, 0.2) is 0 Å². The number of nitrogens with two attached hydrogens (primary N) is 1. The monoisotopic (exact) mass is 250 g/mol. The van der Waals surface area contributed by atoms with Crippen LogP contribution in [0.4, 0.5) is 0 Å². The van der Waals surface area contributed by atoms with Crippen LogP contribution in [0.15, 0.2) is 17.8 Å². The maximum Gasteiger partial charge on any atom is 0.110 e. The van der Waals surface area contributed by atoms with Gasteiger partial charge < -0.3 is 10.3 Å². The molecular formula is C12H18N4S. The highest BCUT2D eigenvalue weighted by Gasteiger charge is 2.10. The van der Waals surface area contributed by atoms with E-state index in [0.717, 1.165) is 35.9 Å². The molecule has 2 rings (SSSR count). The zero-order chi connectivity index (χ0) is 12.3. The van der Waals surface area contributed by atoms with Crippen LogP contribution in [0, 0.1) is 6.92 Å². The van der Waals surface area contributed by atoms with Gasteiger partial charge in [-0.3, -0.25) is 0 Å². The average Bonchev–Trinajstić information content (AvgIpc) is 2.87. The van der Waals surface area contributed by atoms with Gasteiger partial charge in [-0.1, -0.05) is 0 Å². The van der Waals surface area contributed by atoms with Gasteiger partial charge in [0.1, 0.15) is 5.82 Å². The topological polar surface area (TPSA) is 56.7 Å². The molecule has 4 nitrogen and oxygen atoms in total. The van der Waals surface area contributed by atoms with E-state index in [1.54, 1.807) is 11.3 Å². The van der Waals surface area contributed by atoms with Crippen molar-refractivity contribution in [2.24, 2.45) is 5.73 Å². The predicted molar refractivity (Wildman–Crippen MR) is 70.1 cm³/mol. The summed E-state index contributed by atoms with van der Waals surface area (Å²) < 4.78 is 2.13. The quantitative estimate of drug-likeness (QED) is 0.880. The van der Waals surface area contributed by atoms with Gasteiger partial charge in [0.2, 0.25) is 0 Å². The molecule has 2 aromatic heterocycles. The third-order valence-corrected chi connectivity index (χ3v) is 3.55. The van der Waals surface area contributed by atoms with Crippen LogP contribution in [0.25, 0.3) is 0 Å². The maximum atomic E-state index is 6.14. The summed E-state index contributed by atoms with van der Waals surface area (Å²) in [6.45, 7) is 5.07. The minimum absolute atomic E-state index is 0.0872. The van der Waals surface area contributed by atoms with Gasteiger partial charge in [0.25, 0.3) is 0 Å². The molecule has 0 bridgehead atoms. The van der Waals surface area contributed by atoms with E-state index in [4.69, 9.17) is 5.73 Å². The van der Waals surface area contributed by atoms with E-state index in [1.807, 2.05) is 19.3 Å². The first-order valence-electron chi connectivity index (χ1n) is 5.85. The molecule has 0 aliphatic rings. The largest absolute Gasteiger partial charge is 0.335 e. The van der Waals surface area contributed by atoms with Crippen molar-refractivity contribution in [2.75, 3.05) is 0 Å². The summed E-state index contributed by atoms with van der Waals surface area (Å²) >= 11 is 1.67. The fraction of sp³-hybridized carbons (Fsp3) is 0.500. The lowest BCUT2D eigenvalue weighted by Crippen LogP contribution is -2.27. The van der Waals surface area contributed by atoms with Crippen LogP contribution in [0.1, 0.15) is 23.4 Å². The van der Waals surface area contributed by atoms with Gasteiger partial charge >= 0.3 is 0 Å². The highest BCUT2D eigenvalue weighted by Crippen LogP contribution is 2.11. The second-order valence-corrected chi connectivity index (χ2v) is 5.22. The highest BCUT2D eigenvalue weighted by molar-refractivity contribution is 7.09. The van der Waals surface area contributed by atoms with Crippen LogP contribution in [-0.2, 0) is 19.4 Å². The number of imidazole rings is 1. The molecule has 2 aromatic rings. The molecule has 1 unspecified atom stereocenters. The zero-order valence-electron chi connectivity index (χ0n) is 10.3. The number of aromatic nitrogens is 3. The molecule has 0 radical (unpaired) electrons. The number of nitrogens with zero attached hydrogens (tertiary/aromatic N) is 3. The molecule has 0 saturated heterocycles. The number of hydrogen-bond donors (Lipinski definition) is 1. The summed E-state index contributed by atoms with van der Waals surface area (Å²) in [4.78, 5) is 8.77. The lowest BCUT2D eigenvalue weighted by atomic mass is 10.1. The van der Waals surface area contributed by atoms with Crippen LogP contribution in [0.3, 0.4) is 0 Å². The van der Waals surface area contributed by atoms with E-state index < -0.39 is 0 Å². The number of rotatable bonds is 5. The molecule has 5 heteroatoms. The normalized spacial score (nSPS) is 12.9. The summed E-state index contributed by atoms with van der Waals surface area (Å²) in [6, 6.07) is 0.0872. The molecule has 0 aliphatic carbocycles. The van der Waals surface area contributed by atoms with E-state index in [0.29, 0.717) is 0 Å². The average molecular weight is 250 g/mol. The third-order valence-electron chi connectivity index (χ3n) is 2.73. The molecule has 0 aromatic carbocycles. The summed E-state index contributed by atoms with van der Waals surface area (Å²) in [5.74, 6) is 1.06. The molecule has 1 atom stereocenters. The van der Waals surface area contributed by atoms with Crippen LogP contribution in [0.2, 0.25) is 0 Å².